The molecular weight excluding hydrogens is 410 g/mol. The van der Waals surface area contributed by atoms with Gasteiger partial charge in [0.2, 0.25) is 0 Å². The molecule has 0 amide bonds. The molecule has 6 nitrogen and oxygen atoms in total. The van der Waals surface area contributed by atoms with Crippen LogP contribution in [0.5, 0.6) is 11.5 Å². The number of methoxy groups -OCH3 is 2. The Bertz CT molecular complexity index is 746. The van der Waals surface area contributed by atoms with Crippen molar-refractivity contribution in [2.75, 3.05) is 27.4 Å². The van der Waals surface area contributed by atoms with Gasteiger partial charge in [0.05, 0.1) is 20.3 Å². The highest BCUT2D eigenvalue weighted by molar-refractivity contribution is 7.80. The second-order valence-electron chi connectivity index (χ2n) is 10.1. The van der Waals surface area contributed by atoms with Crippen molar-refractivity contribution in [1.82, 2.24) is 15.5 Å². The fourth-order valence-electron chi connectivity index (χ4n) is 5.15. The summed E-state index contributed by atoms with van der Waals surface area (Å²) in [5.74, 6) is 1.65. The predicted molar refractivity (Wildman–Crippen MR) is 129 cm³/mol. The first-order valence-corrected chi connectivity index (χ1v) is 11.7. The summed E-state index contributed by atoms with van der Waals surface area (Å²) in [4.78, 5) is 2.23. The zero-order valence-electron chi connectivity index (χ0n) is 19.9. The maximum Gasteiger partial charge on any atom is 0.169 e. The van der Waals surface area contributed by atoms with E-state index in [1.807, 2.05) is 18.2 Å². The van der Waals surface area contributed by atoms with Crippen molar-refractivity contribution in [1.29, 1.82) is 0 Å². The highest BCUT2D eigenvalue weighted by atomic mass is 32.1. The first-order chi connectivity index (χ1) is 14.6. The topological polar surface area (TPSA) is 55.0 Å². The van der Waals surface area contributed by atoms with Crippen LogP contribution in [0, 0.1) is 0 Å². The molecule has 3 rings (SSSR count). The van der Waals surface area contributed by atoms with Gasteiger partial charge in [-0.05, 0) is 83.8 Å². The summed E-state index contributed by atoms with van der Waals surface area (Å²) < 4.78 is 17.0. The van der Waals surface area contributed by atoms with Gasteiger partial charge in [-0.15, -0.1) is 0 Å². The standard InChI is InChI=1S/C24H39N3O3S/c1-23(2)13-18(14-24(3,4)26-23)25-22(31)27(16-20-8-7-11-30-20)15-17-12-19(28-5)9-10-21(17)29-6/h9-10,12,18,20,26H,7-8,11,13-16H2,1-6H3,(H,25,31). The molecule has 2 fully saturated rings. The Hall–Kier alpha value is -1.57. The number of hydrogen-bond donors (Lipinski definition) is 2. The van der Waals surface area contributed by atoms with Crippen LogP contribution in [0.25, 0.3) is 0 Å². The molecule has 0 aliphatic carbocycles. The third kappa shape index (κ3) is 6.70. The van der Waals surface area contributed by atoms with E-state index < -0.39 is 0 Å². The van der Waals surface area contributed by atoms with Crippen LogP contribution in [-0.4, -0.2) is 60.6 Å². The van der Waals surface area contributed by atoms with Crippen molar-refractivity contribution < 1.29 is 14.2 Å². The van der Waals surface area contributed by atoms with Crippen LogP contribution in [0.15, 0.2) is 18.2 Å². The van der Waals surface area contributed by atoms with E-state index >= 15 is 0 Å². The number of piperidine rings is 1. The van der Waals surface area contributed by atoms with Crippen molar-refractivity contribution in [3.63, 3.8) is 0 Å². The smallest absolute Gasteiger partial charge is 0.169 e. The van der Waals surface area contributed by atoms with Crippen molar-refractivity contribution in [2.24, 2.45) is 0 Å². The average molecular weight is 450 g/mol. The number of rotatable bonds is 7. The van der Waals surface area contributed by atoms with E-state index in [1.165, 1.54) is 0 Å². The van der Waals surface area contributed by atoms with Gasteiger partial charge in [0.25, 0.3) is 0 Å². The lowest BCUT2D eigenvalue weighted by molar-refractivity contribution is 0.0885. The monoisotopic (exact) mass is 449 g/mol. The number of nitrogens with one attached hydrogen (secondary N) is 2. The highest BCUT2D eigenvalue weighted by Crippen LogP contribution is 2.30. The number of thiocarbonyl (C=S) groups is 1. The van der Waals surface area contributed by atoms with Gasteiger partial charge in [0.15, 0.2) is 5.11 Å². The largest absolute Gasteiger partial charge is 0.497 e. The molecule has 31 heavy (non-hydrogen) atoms. The molecule has 2 aliphatic rings. The second-order valence-corrected chi connectivity index (χ2v) is 10.5. The quantitative estimate of drug-likeness (QED) is 0.613. The summed E-state index contributed by atoms with van der Waals surface area (Å²) in [6, 6.07) is 6.22. The third-order valence-electron chi connectivity index (χ3n) is 6.10. The molecule has 0 saturated carbocycles. The second kappa shape index (κ2) is 9.92. The Balaban J connectivity index is 1.77. The lowest BCUT2D eigenvalue weighted by Crippen LogP contribution is -2.63. The maximum atomic E-state index is 5.95. The third-order valence-corrected chi connectivity index (χ3v) is 6.48. The Labute approximate surface area is 193 Å². The van der Waals surface area contributed by atoms with Gasteiger partial charge in [-0.2, -0.15) is 0 Å². The minimum atomic E-state index is 0.0600. The summed E-state index contributed by atoms with van der Waals surface area (Å²) in [5, 5.41) is 8.20. The van der Waals surface area contributed by atoms with Crippen LogP contribution < -0.4 is 20.1 Å². The summed E-state index contributed by atoms with van der Waals surface area (Å²) in [5.41, 5.74) is 1.17. The van der Waals surface area contributed by atoms with Crippen molar-refractivity contribution in [2.45, 2.75) is 83.1 Å². The van der Waals surface area contributed by atoms with Gasteiger partial charge in [-0.25, -0.2) is 0 Å². The molecule has 0 aromatic heterocycles. The van der Waals surface area contributed by atoms with Crippen LogP contribution in [0.3, 0.4) is 0 Å². The van der Waals surface area contributed by atoms with E-state index in [2.05, 4.69) is 43.2 Å². The summed E-state index contributed by atoms with van der Waals surface area (Å²) in [6.07, 6.45) is 4.43. The predicted octanol–water partition coefficient (Wildman–Crippen LogP) is 3.87. The van der Waals surface area contributed by atoms with Gasteiger partial charge < -0.3 is 29.7 Å². The first kappa shape index (κ1) is 24.1. The Morgan fingerprint density at radius 1 is 1.19 bits per heavy atom. The molecule has 0 bridgehead atoms. The Morgan fingerprint density at radius 3 is 2.48 bits per heavy atom. The van der Waals surface area contributed by atoms with Crippen LogP contribution in [0.2, 0.25) is 0 Å². The van der Waals surface area contributed by atoms with E-state index in [4.69, 9.17) is 26.4 Å². The fraction of sp³-hybridized carbons (Fsp3) is 0.708. The molecule has 0 radical (unpaired) electrons. The molecule has 2 N–H and O–H groups in total. The molecule has 7 heteroatoms. The van der Waals surface area contributed by atoms with Gasteiger partial charge >= 0.3 is 0 Å². The summed E-state index contributed by atoms with van der Waals surface area (Å²) >= 11 is 5.95. The van der Waals surface area contributed by atoms with E-state index in [1.54, 1.807) is 14.2 Å². The number of hydrogen-bond acceptors (Lipinski definition) is 5. The molecule has 1 aromatic rings. The van der Waals surface area contributed by atoms with E-state index in [0.717, 1.165) is 61.0 Å². The number of ether oxygens (including phenoxy) is 3. The first-order valence-electron chi connectivity index (χ1n) is 11.3. The molecule has 2 heterocycles. The lowest BCUT2D eigenvalue weighted by Gasteiger charge is -2.47. The van der Waals surface area contributed by atoms with Crippen molar-refractivity contribution in [3.8, 4) is 11.5 Å². The van der Waals surface area contributed by atoms with Gasteiger partial charge in [0, 0.05) is 42.4 Å². The maximum absolute atomic E-state index is 5.95. The molecule has 1 aromatic carbocycles. The number of benzene rings is 1. The Morgan fingerprint density at radius 2 is 1.90 bits per heavy atom. The van der Waals surface area contributed by atoms with E-state index in [9.17, 15) is 0 Å². The molecule has 2 saturated heterocycles. The van der Waals surface area contributed by atoms with Crippen LogP contribution in [0.1, 0.15) is 58.9 Å². The minimum Gasteiger partial charge on any atom is -0.497 e. The van der Waals surface area contributed by atoms with Crippen LogP contribution in [0.4, 0.5) is 0 Å². The molecule has 174 valence electrons. The molecular formula is C24H39N3O3S. The zero-order chi connectivity index (χ0) is 22.6. The van der Waals surface area contributed by atoms with Gasteiger partial charge in [-0.3, -0.25) is 0 Å². The van der Waals surface area contributed by atoms with Crippen molar-refractivity contribution in [3.05, 3.63) is 23.8 Å². The lowest BCUT2D eigenvalue weighted by atomic mass is 9.80. The van der Waals surface area contributed by atoms with Crippen molar-refractivity contribution >= 4 is 17.3 Å². The average Bonchev–Trinajstić information content (AvgIpc) is 3.18. The minimum absolute atomic E-state index is 0.0600. The molecule has 2 aliphatic heterocycles. The SMILES string of the molecule is COc1ccc(OC)c(CN(CC2CCCO2)C(=S)NC2CC(C)(C)NC(C)(C)C2)c1. The van der Waals surface area contributed by atoms with Gasteiger partial charge in [0.1, 0.15) is 11.5 Å². The summed E-state index contributed by atoms with van der Waals surface area (Å²) in [7, 11) is 3.38. The highest BCUT2D eigenvalue weighted by Gasteiger charge is 2.38. The molecule has 0 spiro atoms. The van der Waals surface area contributed by atoms with E-state index in [0.29, 0.717) is 12.6 Å². The van der Waals surface area contributed by atoms with Crippen LogP contribution in [-0.2, 0) is 11.3 Å². The normalized spacial score (nSPS) is 22.7. The van der Waals surface area contributed by atoms with E-state index in [-0.39, 0.29) is 17.2 Å². The molecule has 1 atom stereocenters. The molecule has 1 unspecified atom stereocenters. The van der Waals surface area contributed by atoms with Crippen LogP contribution >= 0.6 is 12.2 Å². The zero-order valence-corrected chi connectivity index (χ0v) is 20.7. The van der Waals surface area contributed by atoms with Gasteiger partial charge in [-0.1, -0.05) is 0 Å². The fourth-order valence-corrected chi connectivity index (χ4v) is 5.46. The Kier molecular flexibility index (Phi) is 7.71. The summed E-state index contributed by atoms with van der Waals surface area (Å²) in [6.45, 7) is 11.3. The number of nitrogens with zero attached hydrogens (tertiary/aromatic N) is 1.